The highest BCUT2D eigenvalue weighted by Gasteiger charge is 2.35. The number of nitrogens with zero attached hydrogens (tertiary/aromatic N) is 3. The summed E-state index contributed by atoms with van der Waals surface area (Å²) in [5.41, 5.74) is 12.4. The summed E-state index contributed by atoms with van der Waals surface area (Å²) >= 11 is 0. The first-order valence-corrected chi connectivity index (χ1v) is 10.3. The summed E-state index contributed by atoms with van der Waals surface area (Å²) in [6.45, 7) is 5.26. The number of ether oxygens (including phenoxy) is 2. The smallest absolute Gasteiger partial charge is 0.244 e. The molecule has 0 amide bonds. The first-order valence-electron chi connectivity index (χ1n) is 10.3. The number of anilines is 1. The standard InChI is InChI=1S/C24H23N5O2/c1-15-2-4-17(5-3-15)22-21-20(19(14-25)23(26)31-24(21)28-27-22)16-6-8-18(9-7-16)29-10-12-30-13-11-29/h2-9,20H,10-13,26H2,1H3,(H,27,28). The average Bonchev–Trinajstić information content (AvgIpc) is 3.22. The molecule has 156 valence electrons. The molecule has 5 rings (SSSR count). The molecule has 0 radical (unpaired) electrons. The Morgan fingerprint density at radius 2 is 1.81 bits per heavy atom. The molecule has 1 fully saturated rings. The van der Waals surface area contributed by atoms with Crippen LogP contribution < -0.4 is 15.4 Å². The molecule has 3 heterocycles. The van der Waals surface area contributed by atoms with Crippen LogP contribution in [0.3, 0.4) is 0 Å². The molecule has 1 saturated heterocycles. The van der Waals surface area contributed by atoms with Crippen molar-refractivity contribution in [1.82, 2.24) is 10.2 Å². The van der Waals surface area contributed by atoms with Crippen molar-refractivity contribution in [3.8, 4) is 23.2 Å². The van der Waals surface area contributed by atoms with E-state index < -0.39 is 0 Å². The lowest BCUT2D eigenvalue weighted by Crippen LogP contribution is -2.36. The summed E-state index contributed by atoms with van der Waals surface area (Å²) in [6, 6.07) is 18.7. The van der Waals surface area contributed by atoms with Gasteiger partial charge in [0.05, 0.1) is 30.4 Å². The molecule has 7 nitrogen and oxygen atoms in total. The number of hydrogen-bond donors (Lipinski definition) is 2. The van der Waals surface area contributed by atoms with Crippen LogP contribution >= 0.6 is 0 Å². The zero-order valence-electron chi connectivity index (χ0n) is 17.3. The van der Waals surface area contributed by atoms with Crippen LogP contribution in [0.5, 0.6) is 5.88 Å². The SMILES string of the molecule is Cc1ccc(-c2[nH]nc3c2C(c2ccc(N4CCOCC4)cc2)C(C#N)=C(N)O3)cc1. The molecule has 7 heteroatoms. The molecular weight excluding hydrogens is 390 g/mol. The zero-order valence-corrected chi connectivity index (χ0v) is 17.3. The van der Waals surface area contributed by atoms with Gasteiger partial charge in [0.1, 0.15) is 11.6 Å². The monoisotopic (exact) mass is 413 g/mol. The van der Waals surface area contributed by atoms with E-state index >= 15 is 0 Å². The molecule has 31 heavy (non-hydrogen) atoms. The van der Waals surface area contributed by atoms with E-state index in [4.69, 9.17) is 15.2 Å². The molecule has 1 atom stereocenters. The largest absolute Gasteiger partial charge is 0.420 e. The predicted molar refractivity (Wildman–Crippen MR) is 118 cm³/mol. The third-order valence-corrected chi connectivity index (χ3v) is 5.88. The molecule has 0 aliphatic carbocycles. The van der Waals surface area contributed by atoms with Gasteiger partial charge in [-0.05, 0) is 24.6 Å². The maximum atomic E-state index is 9.89. The van der Waals surface area contributed by atoms with Crippen LogP contribution in [0.2, 0.25) is 0 Å². The van der Waals surface area contributed by atoms with Gasteiger partial charge in [0.2, 0.25) is 11.8 Å². The van der Waals surface area contributed by atoms with E-state index in [0.29, 0.717) is 11.5 Å². The summed E-state index contributed by atoms with van der Waals surface area (Å²) in [7, 11) is 0. The Balaban J connectivity index is 1.58. The fourth-order valence-electron chi connectivity index (χ4n) is 4.22. The molecular formula is C24H23N5O2. The Labute approximate surface area is 180 Å². The van der Waals surface area contributed by atoms with E-state index in [1.165, 1.54) is 5.56 Å². The second-order valence-electron chi connectivity index (χ2n) is 7.80. The highest BCUT2D eigenvalue weighted by Crippen LogP contribution is 2.45. The number of hydrogen-bond acceptors (Lipinski definition) is 6. The van der Waals surface area contributed by atoms with Crippen molar-refractivity contribution >= 4 is 5.69 Å². The van der Waals surface area contributed by atoms with Gasteiger partial charge in [-0.1, -0.05) is 42.0 Å². The van der Waals surface area contributed by atoms with Crippen molar-refractivity contribution in [2.24, 2.45) is 5.73 Å². The topological polar surface area (TPSA) is 100 Å². The summed E-state index contributed by atoms with van der Waals surface area (Å²) in [5.74, 6) is 0.149. The van der Waals surface area contributed by atoms with Crippen molar-refractivity contribution in [2.45, 2.75) is 12.8 Å². The lowest BCUT2D eigenvalue weighted by Gasteiger charge is -2.29. The summed E-state index contributed by atoms with van der Waals surface area (Å²) in [6.07, 6.45) is 0. The number of nitriles is 1. The highest BCUT2D eigenvalue weighted by molar-refractivity contribution is 5.71. The van der Waals surface area contributed by atoms with Crippen LogP contribution in [0.1, 0.15) is 22.6 Å². The number of nitrogens with one attached hydrogen (secondary N) is 1. The maximum Gasteiger partial charge on any atom is 0.244 e. The summed E-state index contributed by atoms with van der Waals surface area (Å²) in [4.78, 5) is 2.30. The van der Waals surface area contributed by atoms with E-state index in [9.17, 15) is 5.26 Å². The van der Waals surface area contributed by atoms with Gasteiger partial charge in [-0.3, -0.25) is 5.10 Å². The third kappa shape index (κ3) is 3.41. The second kappa shape index (κ2) is 7.82. The van der Waals surface area contributed by atoms with Gasteiger partial charge in [-0.15, -0.1) is 5.10 Å². The molecule has 0 bridgehead atoms. The van der Waals surface area contributed by atoms with Crippen molar-refractivity contribution < 1.29 is 9.47 Å². The average molecular weight is 413 g/mol. The Hall–Kier alpha value is -3.76. The van der Waals surface area contributed by atoms with Gasteiger partial charge in [-0.25, -0.2) is 0 Å². The molecule has 0 spiro atoms. The number of H-pyrrole nitrogens is 1. The Bertz CT molecular complexity index is 1170. The Morgan fingerprint density at radius 1 is 1.10 bits per heavy atom. The minimum absolute atomic E-state index is 0.0965. The van der Waals surface area contributed by atoms with Gasteiger partial charge in [0, 0.05) is 24.3 Å². The molecule has 1 aromatic heterocycles. The van der Waals surface area contributed by atoms with Crippen molar-refractivity contribution in [2.75, 3.05) is 31.2 Å². The van der Waals surface area contributed by atoms with Crippen molar-refractivity contribution in [1.29, 1.82) is 5.26 Å². The van der Waals surface area contributed by atoms with Gasteiger partial charge in [0.15, 0.2) is 0 Å². The number of rotatable bonds is 3. The molecule has 2 aromatic carbocycles. The van der Waals surface area contributed by atoms with Crippen LogP contribution in [0.25, 0.3) is 11.3 Å². The molecule has 1 unspecified atom stereocenters. The summed E-state index contributed by atoms with van der Waals surface area (Å²) < 4.78 is 11.2. The highest BCUT2D eigenvalue weighted by atomic mass is 16.5. The van der Waals surface area contributed by atoms with Gasteiger partial charge < -0.3 is 20.1 Å². The van der Waals surface area contributed by atoms with E-state index in [1.54, 1.807) is 0 Å². The fraction of sp³-hybridized carbons (Fsp3) is 0.250. The van der Waals surface area contributed by atoms with Gasteiger partial charge >= 0.3 is 0 Å². The lowest BCUT2D eigenvalue weighted by molar-refractivity contribution is 0.122. The minimum Gasteiger partial charge on any atom is -0.420 e. The number of morpholine rings is 1. The van der Waals surface area contributed by atoms with Crippen molar-refractivity contribution in [3.63, 3.8) is 0 Å². The minimum atomic E-state index is -0.359. The van der Waals surface area contributed by atoms with Crippen LogP contribution in [0, 0.1) is 18.3 Å². The first-order chi connectivity index (χ1) is 15.2. The number of fused-ring (bicyclic) bond motifs is 1. The number of aromatic nitrogens is 2. The van der Waals surface area contributed by atoms with Crippen LogP contribution in [-0.2, 0) is 4.74 Å². The normalized spacial score (nSPS) is 18.3. The first kappa shape index (κ1) is 19.2. The number of aryl methyl sites for hydroxylation is 1. The molecule has 3 N–H and O–H groups in total. The summed E-state index contributed by atoms with van der Waals surface area (Å²) in [5, 5.41) is 17.3. The Morgan fingerprint density at radius 3 is 2.48 bits per heavy atom. The Kier molecular flexibility index (Phi) is 4.85. The lowest BCUT2D eigenvalue weighted by atomic mass is 9.83. The van der Waals surface area contributed by atoms with E-state index in [-0.39, 0.29) is 11.8 Å². The van der Waals surface area contributed by atoms with Gasteiger partial charge in [0.25, 0.3) is 0 Å². The predicted octanol–water partition coefficient (Wildman–Crippen LogP) is 3.44. The van der Waals surface area contributed by atoms with Crippen LogP contribution in [0.15, 0.2) is 60.0 Å². The van der Waals surface area contributed by atoms with Crippen LogP contribution in [0.4, 0.5) is 5.69 Å². The van der Waals surface area contributed by atoms with Crippen LogP contribution in [-0.4, -0.2) is 36.5 Å². The van der Waals surface area contributed by atoms with E-state index in [0.717, 1.165) is 54.4 Å². The molecule has 0 saturated carbocycles. The second-order valence-corrected chi connectivity index (χ2v) is 7.80. The molecule has 2 aliphatic rings. The van der Waals surface area contributed by atoms with Crippen molar-refractivity contribution in [3.05, 3.63) is 76.7 Å². The fourth-order valence-corrected chi connectivity index (χ4v) is 4.22. The molecule has 2 aliphatic heterocycles. The third-order valence-electron chi connectivity index (χ3n) is 5.88. The van der Waals surface area contributed by atoms with E-state index in [2.05, 4.69) is 45.4 Å². The maximum absolute atomic E-state index is 9.89. The zero-order chi connectivity index (χ0) is 21.4. The molecule has 3 aromatic rings. The number of allylic oxidation sites excluding steroid dienone is 1. The van der Waals surface area contributed by atoms with E-state index in [1.807, 2.05) is 31.2 Å². The quantitative estimate of drug-likeness (QED) is 0.682. The number of nitrogens with two attached hydrogens (primary N) is 1. The van der Waals surface area contributed by atoms with Gasteiger partial charge in [-0.2, -0.15) is 5.26 Å². The number of benzene rings is 2. The number of aromatic amines is 1.